The molecule has 0 saturated heterocycles. The fourth-order valence-electron chi connectivity index (χ4n) is 3.51. The van der Waals surface area contributed by atoms with Gasteiger partial charge in [0.05, 0.1) is 0 Å². The van der Waals surface area contributed by atoms with E-state index in [2.05, 4.69) is 39.1 Å². The van der Waals surface area contributed by atoms with E-state index < -0.39 is 0 Å². The van der Waals surface area contributed by atoms with Crippen LogP contribution >= 0.6 is 24.8 Å². The molecule has 25 heavy (non-hydrogen) atoms. The lowest BCUT2D eigenvalue weighted by molar-refractivity contribution is 0.0757. The molecule has 5 nitrogen and oxygen atoms in total. The molecule has 2 aliphatic rings. The first kappa shape index (κ1) is 19.8. The van der Waals surface area contributed by atoms with E-state index in [0.29, 0.717) is 5.69 Å². The van der Waals surface area contributed by atoms with Crippen molar-refractivity contribution < 1.29 is 4.79 Å². The number of benzene rings is 1. The lowest BCUT2D eigenvalue weighted by Gasteiger charge is -2.18. The smallest absolute Gasteiger partial charge is 0.274 e. The summed E-state index contributed by atoms with van der Waals surface area (Å²) in [6.45, 7) is 4.32. The Morgan fingerprint density at radius 2 is 1.64 bits per heavy atom. The topological polar surface area (TPSA) is 50.2 Å². The summed E-state index contributed by atoms with van der Waals surface area (Å²) < 4.78 is 2.12. The Hall–Kier alpha value is -1.56. The number of hydrogen-bond donors (Lipinski definition) is 1. The summed E-state index contributed by atoms with van der Waals surface area (Å²) in [5.41, 5.74) is 3.34. The Morgan fingerprint density at radius 3 is 2.32 bits per heavy atom. The molecule has 0 fully saturated rings. The number of carbonyl (C=O) groups excluding carboxylic acids is 1. The van der Waals surface area contributed by atoms with Crippen LogP contribution in [0, 0.1) is 0 Å². The van der Waals surface area contributed by atoms with Crippen LogP contribution in [0.2, 0.25) is 0 Å². The minimum atomic E-state index is 0. The molecule has 4 rings (SSSR count). The minimum absolute atomic E-state index is 0. The molecule has 0 bridgehead atoms. The number of aromatic nitrogens is 2. The van der Waals surface area contributed by atoms with Gasteiger partial charge in [-0.15, -0.1) is 24.8 Å². The number of halogens is 2. The second-order valence-corrected chi connectivity index (χ2v) is 6.30. The van der Waals surface area contributed by atoms with E-state index in [-0.39, 0.29) is 30.7 Å². The van der Waals surface area contributed by atoms with Crippen molar-refractivity contribution in [3.05, 3.63) is 53.1 Å². The zero-order chi connectivity index (χ0) is 15.6. The van der Waals surface area contributed by atoms with Crippen LogP contribution in [0.4, 0.5) is 0 Å². The third-order valence-corrected chi connectivity index (χ3v) is 4.84. The van der Waals surface area contributed by atoms with Gasteiger partial charge in [-0.25, -0.2) is 4.98 Å². The van der Waals surface area contributed by atoms with E-state index in [0.717, 1.165) is 57.8 Å². The molecule has 136 valence electrons. The Labute approximate surface area is 160 Å². The molecule has 2 aliphatic heterocycles. The fourth-order valence-corrected chi connectivity index (χ4v) is 3.51. The normalized spacial score (nSPS) is 16.4. The summed E-state index contributed by atoms with van der Waals surface area (Å²) in [5.74, 6) is 1.10. The molecular weight excluding hydrogens is 359 g/mol. The molecule has 0 saturated carbocycles. The average molecular weight is 383 g/mol. The summed E-state index contributed by atoms with van der Waals surface area (Å²) in [4.78, 5) is 19.4. The maximum atomic E-state index is 12.8. The van der Waals surface area contributed by atoms with E-state index in [1.807, 2.05) is 11.1 Å². The number of carbonyl (C=O) groups is 1. The maximum Gasteiger partial charge on any atom is 0.274 e. The molecular formula is C18H24Cl2N4O. The van der Waals surface area contributed by atoms with Gasteiger partial charge in [0.15, 0.2) is 0 Å². The zero-order valence-electron chi connectivity index (χ0n) is 14.1. The van der Waals surface area contributed by atoms with Crippen LogP contribution in [-0.4, -0.2) is 46.5 Å². The number of amides is 1. The Morgan fingerprint density at radius 1 is 0.960 bits per heavy atom. The van der Waals surface area contributed by atoms with E-state index >= 15 is 0 Å². The van der Waals surface area contributed by atoms with Gasteiger partial charge in [-0.2, -0.15) is 0 Å². The van der Waals surface area contributed by atoms with Gasteiger partial charge in [-0.1, -0.05) is 24.3 Å². The van der Waals surface area contributed by atoms with Gasteiger partial charge in [-0.05, 0) is 24.0 Å². The largest absolute Gasteiger partial charge is 0.337 e. The molecule has 0 spiro atoms. The van der Waals surface area contributed by atoms with Gasteiger partial charge >= 0.3 is 0 Å². The second-order valence-electron chi connectivity index (χ2n) is 6.30. The standard InChI is InChI=1S/C18H22N4O.2ClH/c23-18(16-13-22-12-9-19-8-5-17(22)20-16)21-10-6-14-3-1-2-4-15(14)7-11-21;;/h1-4,13,19H,5-12H2;2*1H. The van der Waals surface area contributed by atoms with Crippen molar-refractivity contribution in [3.8, 4) is 0 Å². The van der Waals surface area contributed by atoms with E-state index in [9.17, 15) is 4.79 Å². The third-order valence-electron chi connectivity index (χ3n) is 4.84. The van der Waals surface area contributed by atoms with Crippen molar-refractivity contribution >= 4 is 30.7 Å². The van der Waals surface area contributed by atoms with Crippen LogP contribution in [-0.2, 0) is 25.8 Å². The molecule has 3 heterocycles. The molecule has 0 unspecified atom stereocenters. The van der Waals surface area contributed by atoms with Crippen LogP contribution in [0.25, 0.3) is 0 Å². The number of fused-ring (bicyclic) bond motifs is 2. The van der Waals surface area contributed by atoms with E-state index in [4.69, 9.17) is 0 Å². The predicted molar refractivity (Wildman–Crippen MR) is 103 cm³/mol. The molecule has 1 aromatic carbocycles. The van der Waals surface area contributed by atoms with Gasteiger partial charge < -0.3 is 14.8 Å². The van der Waals surface area contributed by atoms with Crippen molar-refractivity contribution in [3.63, 3.8) is 0 Å². The number of hydrogen-bond acceptors (Lipinski definition) is 3. The first-order valence-corrected chi connectivity index (χ1v) is 8.44. The first-order valence-electron chi connectivity index (χ1n) is 8.44. The van der Waals surface area contributed by atoms with Crippen molar-refractivity contribution in [2.45, 2.75) is 25.8 Å². The number of rotatable bonds is 1. The molecule has 1 aromatic heterocycles. The summed E-state index contributed by atoms with van der Waals surface area (Å²) in [5, 5.41) is 3.35. The van der Waals surface area contributed by atoms with Gasteiger partial charge in [0, 0.05) is 45.3 Å². The minimum Gasteiger partial charge on any atom is -0.337 e. The third kappa shape index (κ3) is 4.17. The number of nitrogens with zero attached hydrogens (tertiary/aromatic N) is 3. The Bertz CT molecular complexity index is 681. The summed E-state index contributed by atoms with van der Waals surface area (Å²) >= 11 is 0. The highest BCUT2D eigenvalue weighted by Crippen LogP contribution is 2.17. The highest BCUT2D eigenvalue weighted by atomic mass is 35.5. The van der Waals surface area contributed by atoms with Gasteiger partial charge in [0.25, 0.3) is 5.91 Å². The Kier molecular flexibility index (Phi) is 6.87. The van der Waals surface area contributed by atoms with Crippen LogP contribution in [0.3, 0.4) is 0 Å². The number of imidazole rings is 1. The molecule has 1 N–H and O–H groups in total. The van der Waals surface area contributed by atoms with Crippen LogP contribution < -0.4 is 5.32 Å². The van der Waals surface area contributed by atoms with Gasteiger partial charge in [0.1, 0.15) is 11.5 Å². The highest BCUT2D eigenvalue weighted by Gasteiger charge is 2.23. The first-order chi connectivity index (χ1) is 11.3. The average Bonchev–Trinajstić information content (AvgIpc) is 2.75. The Balaban J connectivity index is 0.00000113. The zero-order valence-corrected chi connectivity index (χ0v) is 15.7. The van der Waals surface area contributed by atoms with Crippen molar-refractivity contribution in [2.75, 3.05) is 26.2 Å². The van der Waals surface area contributed by atoms with Crippen molar-refractivity contribution in [1.82, 2.24) is 19.8 Å². The predicted octanol–water partition coefficient (Wildman–Crippen LogP) is 2.11. The van der Waals surface area contributed by atoms with E-state index in [1.54, 1.807) is 0 Å². The molecule has 7 heteroatoms. The SMILES string of the molecule is Cl.Cl.O=C(c1cn2c(n1)CCNCC2)N1CCc2ccccc2CC1. The summed E-state index contributed by atoms with van der Waals surface area (Å²) in [7, 11) is 0. The molecule has 1 amide bonds. The molecule has 2 aromatic rings. The van der Waals surface area contributed by atoms with Gasteiger partial charge in [-0.3, -0.25) is 4.79 Å². The van der Waals surface area contributed by atoms with E-state index in [1.165, 1.54) is 11.1 Å². The molecule has 0 radical (unpaired) electrons. The quantitative estimate of drug-likeness (QED) is 0.821. The maximum absolute atomic E-state index is 12.8. The van der Waals surface area contributed by atoms with Crippen LogP contribution in [0.1, 0.15) is 27.4 Å². The van der Waals surface area contributed by atoms with Crippen molar-refractivity contribution in [2.24, 2.45) is 0 Å². The highest BCUT2D eigenvalue weighted by molar-refractivity contribution is 5.92. The van der Waals surface area contributed by atoms with Crippen molar-refractivity contribution in [1.29, 1.82) is 0 Å². The summed E-state index contributed by atoms with van der Waals surface area (Å²) in [6.07, 6.45) is 4.68. The lowest BCUT2D eigenvalue weighted by Crippen LogP contribution is -2.33. The second kappa shape index (κ2) is 8.70. The molecule has 0 aliphatic carbocycles. The van der Waals surface area contributed by atoms with Crippen LogP contribution in [0.15, 0.2) is 30.5 Å². The van der Waals surface area contributed by atoms with Gasteiger partial charge in [0.2, 0.25) is 0 Å². The summed E-state index contributed by atoms with van der Waals surface area (Å²) in [6, 6.07) is 8.51. The fraction of sp³-hybridized carbons (Fsp3) is 0.444. The van der Waals surface area contributed by atoms with Crippen LogP contribution in [0.5, 0.6) is 0 Å². The number of nitrogens with one attached hydrogen (secondary N) is 1. The lowest BCUT2D eigenvalue weighted by atomic mass is 10.0. The molecule has 0 atom stereocenters. The monoisotopic (exact) mass is 382 g/mol.